The predicted molar refractivity (Wildman–Crippen MR) is 135 cm³/mol. The molecule has 8 heteroatoms. The van der Waals surface area contributed by atoms with E-state index in [0.29, 0.717) is 16.7 Å². The maximum Gasteiger partial charge on any atom is 0.346 e. The van der Waals surface area contributed by atoms with Gasteiger partial charge in [-0.05, 0) is 47.9 Å². The van der Waals surface area contributed by atoms with Crippen molar-refractivity contribution in [1.82, 2.24) is 0 Å². The molecular formula is C30H22F4O4. The third kappa shape index (κ3) is 5.45. The van der Waals surface area contributed by atoms with Crippen LogP contribution in [-0.4, -0.2) is 17.7 Å². The molecule has 38 heavy (non-hydrogen) atoms. The summed E-state index contributed by atoms with van der Waals surface area (Å²) in [5, 5.41) is 9.63. The van der Waals surface area contributed by atoms with E-state index in [2.05, 4.69) is 6.58 Å². The number of aliphatic hydroxyl groups excluding tert-OH is 1. The molecule has 194 valence electrons. The summed E-state index contributed by atoms with van der Waals surface area (Å²) < 4.78 is 68.5. The highest BCUT2D eigenvalue weighted by atomic mass is 19.2. The molecule has 0 aromatic heterocycles. The van der Waals surface area contributed by atoms with Crippen LogP contribution < -0.4 is 9.47 Å². The van der Waals surface area contributed by atoms with Gasteiger partial charge in [0.25, 0.3) is 0 Å². The van der Waals surface area contributed by atoms with Crippen molar-refractivity contribution in [1.29, 1.82) is 0 Å². The highest BCUT2D eigenvalue weighted by molar-refractivity contribution is 5.91. The Morgan fingerprint density at radius 2 is 1.37 bits per heavy atom. The van der Waals surface area contributed by atoms with Crippen molar-refractivity contribution in [3.05, 3.63) is 120 Å². The lowest BCUT2D eigenvalue weighted by Crippen LogP contribution is -2.12. The Morgan fingerprint density at radius 1 is 0.816 bits per heavy atom. The van der Waals surface area contributed by atoms with Crippen molar-refractivity contribution in [3.8, 4) is 33.8 Å². The molecule has 0 spiro atoms. The summed E-state index contributed by atoms with van der Waals surface area (Å²) in [5.41, 5.74) is 0.802. The van der Waals surface area contributed by atoms with Crippen molar-refractivity contribution >= 4 is 5.97 Å². The Bertz CT molecular complexity index is 1480. The summed E-state index contributed by atoms with van der Waals surface area (Å²) in [6.07, 6.45) is 0.674. The Hall–Kier alpha value is -4.43. The normalized spacial score (nSPS) is 11.6. The largest absolute Gasteiger partial charge is 0.486 e. The van der Waals surface area contributed by atoms with Crippen LogP contribution >= 0.6 is 0 Å². The number of carbonyl (C=O) groups is 1. The van der Waals surface area contributed by atoms with Gasteiger partial charge in [0.15, 0.2) is 23.2 Å². The molecule has 4 aromatic rings. The van der Waals surface area contributed by atoms with E-state index in [4.69, 9.17) is 9.47 Å². The van der Waals surface area contributed by atoms with Crippen molar-refractivity contribution in [3.63, 3.8) is 0 Å². The number of benzene rings is 4. The monoisotopic (exact) mass is 522 g/mol. The van der Waals surface area contributed by atoms with Gasteiger partial charge in [-0.1, -0.05) is 61.2 Å². The number of aliphatic hydroxyl groups is 1. The molecule has 0 radical (unpaired) electrons. The minimum atomic E-state index is -1.42. The maximum absolute atomic E-state index is 15.0. The number of halogens is 4. The first kappa shape index (κ1) is 26.6. The molecule has 0 amide bonds. The van der Waals surface area contributed by atoms with Crippen LogP contribution in [-0.2, 0) is 0 Å². The van der Waals surface area contributed by atoms with Crippen molar-refractivity contribution in [2.24, 2.45) is 0 Å². The van der Waals surface area contributed by atoms with Gasteiger partial charge in [0.2, 0.25) is 5.82 Å². The number of esters is 1. The number of carbonyl (C=O) groups excluding carboxylic acids is 1. The quantitative estimate of drug-likeness (QED) is 0.113. The second kappa shape index (κ2) is 11.3. The SMILES string of the molecule is C=CCOc1ccc(C(=O)Oc2ccc(-c3ccc(-c4ccc(C(C)O)cc4)c(F)c3F)cc2)c(F)c1F. The molecule has 0 bridgehead atoms. The molecule has 0 fully saturated rings. The molecular weight excluding hydrogens is 500 g/mol. The fourth-order valence-electron chi connectivity index (χ4n) is 3.75. The Labute approximate surface area is 216 Å². The fraction of sp³-hybridized carbons (Fsp3) is 0.100. The average molecular weight is 522 g/mol. The fourth-order valence-corrected chi connectivity index (χ4v) is 3.75. The second-order valence-corrected chi connectivity index (χ2v) is 8.34. The van der Waals surface area contributed by atoms with Crippen molar-refractivity contribution in [2.75, 3.05) is 6.61 Å². The summed E-state index contributed by atoms with van der Waals surface area (Å²) in [5.74, 6) is -6.40. The lowest BCUT2D eigenvalue weighted by molar-refractivity contribution is 0.0728. The van der Waals surface area contributed by atoms with Crippen LogP contribution in [0.25, 0.3) is 22.3 Å². The van der Waals surface area contributed by atoms with Gasteiger partial charge in [-0.25, -0.2) is 18.0 Å². The molecule has 0 aliphatic heterocycles. The van der Waals surface area contributed by atoms with E-state index in [9.17, 15) is 27.5 Å². The van der Waals surface area contributed by atoms with Crippen LogP contribution in [0.15, 0.2) is 85.5 Å². The van der Waals surface area contributed by atoms with Gasteiger partial charge in [-0.3, -0.25) is 0 Å². The summed E-state index contributed by atoms with van der Waals surface area (Å²) in [6, 6.07) is 16.9. The van der Waals surface area contributed by atoms with E-state index in [1.54, 1.807) is 31.2 Å². The van der Waals surface area contributed by atoms with Gasteiger partial charge in [0.1, 0.15) is 12.4 Å². The number of hydrogen-bond acceptors (Lipinski definition) is 4. The number of ether oxygens (including phenoxy) is 2. The maximum atomic E-state index is 15.0. The van der Waals surface area contributed by atoms with Gasteiger partial charge in [0.05, 0.1) is 11.7 Å². The standard InChI is InChI=1S/C30H22F4O4/c1-3-16-37-25-15-14-24(28(33)29(25)34)30(36)38-21-10-8-20(9-11-21)23-13-12-22(26(31)27(23)32)19-6-4-18(5-7-19)17(2)35/h3-15,17,35H,1,16H2,2H3. The number of rotatable bonds is 8. The van der Waals surface area contributed by atoms with Crippen LogP contribution in [0.5, 0.6) is 11.5 Å². The summed E-state index contributed by atoms with van der Waals surface area (Å²) in [4.78, 5) is 12.4. The first-order valence-electron chi connectivity index (χ1n) is 11.5. The zero-order valence-corrected chi connectivity index (χ0v) is 20.2. The highest BCUT2D eigenvalue weighted by Crippen LogP contribution is 2.33. The van der Waals surface area contributed by atoms with E-state index in [0.717, 1.165) is 12.1 Å². The first-order chi connectivity index (χ1) is 18.2. The van der Waals surface area contributed by atoms with E-state index >= 15 is 0 Å². The molecule has 0 saturated carbocycles. The van der Waals surface area contributed by atoms with Gasteiger partial charge in [-0.2, -0.15) is 4.39 Å². The molecule has 1 unspecified atom stereocenters. The van der Waals surface area contributed by atoms with E-state index in [1.807, 2.05) is 0 Å². The minimum absolute atomic E-state index is 0.0127. The molecule has 0 aliphatic rings. The van der Waals surface area contributed by atoms with Gasteiger partial charge in [0, 0.05) is 11.1 Å². The minimum Gasteiger partial charge on any atom is -0.486 e. The summed E-state index contributed by atoms with van der Waals surface area (Å²) in [7, 11) is 0. The second-order valence-electron chi connectivity index (χ2n) is 8.34. The highest BCUT2D eigenvalue weighted by Gasteiger charge is 2.22. The smallest absolute Gasteiger partial charge is 0.346 e. The first-order valence-corrected chi connectivity index (χ1v) is 11.5. The van der Waals surface area contributed by atoms with Gasteiger partial charge >= 0.3 is 5.97 Å². The third-order valence-electron chi connectivity index (χ3n) is 5.79. The van der Waals surface area contributed by atoms with Gasteiger partial charge in [-0.15, -0.1) is 0 Å². The molecule has 1 atom stereocenters. The van der Waals surface area contributed by atoms with E-state index < -0.39 is 40.9 Å². The number of hydrogen-bond donors (Lipinski definition) is 1. The Morgan fingerprint density at radius 3 is 1.89 bits per heavy atom. The van der Waals surface area contributed by atoms with E-state index in [1.165, 1.54) is 42.5 Å². The van der Waals surface area contributed by atoms with Crippen LogP contribution in [0.2, 0.25) is 0 Å². The van der Waals surface area contributed by atoms with E-state index in [-0.39, 0.29) is 29.2 Å². The Kier molecular flexibility index (Phi) is 7.93. The van der Waals surface area contributed by atoms with Crippen LogP contribution in [0.3, 0.4) is 0 Å². The molecule has 0 aliphatic carbocycles. The molecule has 4 aromatic carbocycles. The molecule has 1 N–H and O–H groups in total. The Balaban J connectivity index is 1.52. The summed E-state index contributed by atoms with van der Waals surface area (Å²) in [6.45, 7) is 4.98. The molecule has 0 heterocycles. The van der Waals surface area contributed by atoms with Crippen LogP contribution in [0, 0.1) is 23.3 Å². The lowest BCUT2D eigenvalue weighted by Gasteiger charge is -2.11. The van der Waals surface area contributed by atoms with Gasteiger partial charge < -0.3 is 14.6 Å². The average Bonchev–Trinajstić information content (AvgIpc) is 2.91. The summed E-state index contributed by atoms with van der Waals surface area (Å²) >= 11 is 0. The van der Waals surface area contributed by atoms with Crippen molar-refractivity contribution < 1.29 is 36.9 Å². The lowest BCUT2D eigenvalue weighted by atomic mass is 9.97. The zero-order valence-electron chi connectivity index (χ0n) is 20.2. The zero-order chi connectivity index (χ0) is 27.4. The predicted octanol–water partition coefficient (Wildman–Crippen LogP) is 7.41. The molecule has 4 nitrogen and oxygen atoms in total. The third-order valence-corrected chi connectivity index (χ3v) is 5.79. The van der Waals surface area contributed by atoms with Crippen molar-refractivity contribution in [2.45, 2.75) is 13.0 Å². The molecule has 4 rings (SSSR count). The molecule has 0 saturated heterocycles. The van der Waals surface area contributed by atoms with Crippen LogP contribution in [0.4, 0.5) is 17.6 Å². The van der Waals surface area contributed by atoms with Crippen LogP contribution in [0.1, 0.15) is 28.9 Å². The topological polar surface area (TPSA) is 55.8 Å².